The van der Waals surface area contributed by atoms with E-state index in [9.17, 15) is 13.2 Å². The fourth-order valence-corrected chi connectivity index (χ4v) is 7.18. The third-order valence-corrected chi connectivity index (χ3v) is 9.45. The minimum Gasteiger partial charge on any atom is -0.288 e. The molecule has 9 heteroatoms. The van der Waals surface area contributed by atoms with Gasteiger partial charge in [0.05, 0.1) is 22.2 Å². The number of carbonyl (C=O) groups is 1. The summed E-state index contributed by atoms with van der Waals surface area (Å²) >= 11 is 1.43. The number of hydrogen-bond acceptors (Lipinski definition) is 7. The highest BCUT2D eigenvalue weighted by molar-refractivity contribution is 8.04. The van der Waals surface area contributed by atoms with Crippen LogP contribution in [0.25, 0.3) is 0 Å². The SMILES string of the molecule is Cc1ccc(S(=O)(=O)N=C2C=C(SC3NCNN3C3CCCCCCC3)C(=O)c3ccccc32)cc1. The van der Waals surface area contributed by atoms with Gasteiger partial charge in [0, 0.05) is 17.2 Å². The lowest BCUT2D eigenvalue weighted by molar-refractivity contribution is 0.104. The van der Waals surface area contributed by atoms with Crippen LogP contribution in [-0.4, -0.2) is 43.1 Å². The summed E-state index contributed by atoms with van der Waals surface area (Å²) in [6.07, 6.45) is 10.2. The van der Waals surface area contributed by atoms with Gasteiger partial charge >= 0.3 is 0 Å². The van der Waals surface area contributed by atoms with Gasteiger partial charge in [-0.05, 0) is 38.0 Å². The highest BCUT2D eigenvalue weighted by Gasteiger charge is 2.35. The van der Waals surface area contributed by atoms with Gasteiger partial charge in [0.2, 0.25) is 0 Å². The quantitative estimate of drug-likeness (QED) is 0.583. The van der Waals surface area contributed by atoms with E-state index in [0.29, 0.717) is 28.7 Å². The Morgan fingerprint density at radius 3 is 2.33 bits per heavy atom. The van der Waals surface area contributed by atoms with Crippen molar-refractivity contribution in [2.75, 3.05) is 6.67 Å². The van der Waals surface area contributed by atoms with Gasteiger partial charge in [-0.2, -0.15) is 12.8 Å². The third kappa shape index (κ3) is 5.50. The molecule has 3 aliphatic rings. The number of thioether (sulfide) groups is 1. The number of allylic oxidation sites excluding steroid dienone is 2. The Morgan fingerprint density at radius 2 is 1.61 bits per heavy atom. The lowest BCUT2D eigenvalue weighted by Gasteiger charge is -2.33. The van der Waals surface area contributed by atoms with E-state index in [-0.39, 0.29) is 21.9 Å². The van der Waals surface area contributed by atoms with Gasteiger partial charge in [-0.1, -0.05) is 85.8 Å². The van der Waals surface area contributed by atoms with Gasteiger partial charge in [-0.25, -0.2) is 10.4 Å². The summed E-state index contributed by atoms with van der Waals surface area (Å²) in [4.78, 5) is 14.1. The molecular formula is C27H32N4O3S2. The Hall–Kier alpha value is -2.30. The van der Waals surface area contributed by atoms with Crippen LogP contribution >= 0.6 is 11.8 Å². The fourth-order valence-electron chi connectivity index (χ4n) is 5.02. The molecule has 190 valence electrons. The number of hydrazine groups is 1. The van der Waals surface area contributed by atoms with Gasteiger partial charge in [-0.3, -0.25) is 10.1 Å². The van der Waals surface area contributed by atoms with Crippen molar-refractivity contribution in [2.24, 2.45) is 4.40 Å². The molecular weight excluding hydrogens is 492 g/mol. The molecule has 2 aromatic rings. The summed E-state index contributed by atoms with van der Waals surface area (Å²) in [6.45, 7) is 2.54. The summed E-state index contributed by atoms with van der Waals surface area (Å²) in [5, 5.41) is 5.71. The zero-order chi connectivity index (χ0) is 25.1. The van der Waals surface area contributed by atoms with Crippen molar-refractivity contribution in [3.05, 3.63) is 76.2 Å². The maximum atomic E-state index is 13.4. The number of carbonyl (C=O) groups excluding carboxylic acids is 1. The molecule has 2 aliphatic carbocycles. The van der Waals surface area contributed by atoms with Gasteiger partial charge in [0.25, 0.3) is 10.0 Å². The maximum absolute atomic E-state index is 13.4. The Balaban J connectivity index is 1.46. The molecule has 1 atom stereocenters. The molecule has 1 heterocycles. The number of nitrogens with one attached hydrogen (secondary N) is 2. The van der Waals surface area contributed by atoms with E-state index in [1.165, 1.54) is 43.9 Å². The molecule has 0 amide bonds. The normalized spacial score (nSPS) is 23.2. The average molecular weight is 525 g/mol. The Morgan fingerprint density at radius 1 is 0.944 bits per heavy atom. The predicted octanol–water partition coefficient (Wildman–Crippen LogP) is 4.75. The zero-order valence-electron chi connectivity index (χ0n) is 20.4. The van der Waals surface area contributed by atoms with Crippen LogP contribution in [-0.2, 0) is 10.0 Å². The molecule has 2 fully saturated rings. The van der Waals surface area contributed by atoms with Crippen LogP contribution in [0.1, 0.15) is 66.4 Å². The summed E-state index contributed by atoms with van der Waals surface area (Å²) < 4.78 is 30.5. The largest absolute Gasteiger partial charge is 0.288 e. The summed E-state index contributed by atoms with van der Waals surface area (Å²) in [5.41, 5.74) is 5.62. The first-order valence-corrected chi connectivity index (χ1v) is 14.9. The second kappa shape index (κ2) is 11.0. The number of aryl methyl sites for hydroxylation is 1. The summed E-state index contributed by atoms with van der Waals surface area (Å²) in [7, 11) is -3.94. The molecule has 36 heavy (non-hydrogen) atoms. The highest BCUT2D eigenvalue weighted by Crippen LogP contribution is 2.35. The number of Topliss-reactive ketones (excluding diaryl/α,β-unsaturated/α-hetero) is 1. The van der Waals surface area contributed by atoms with Crippen molar-refractivity contribution in [3.63, 3.8) is 0 Å². The van der Waals surface area contributed by atoms with E-state index < -0.39 is 10.0 Å². The molecule has 2 aromatic carbocycles. The highest BCUT2D eigenvalue weighted by atomic mass is 32.2. The van der Waals surface area contributed by atoms with Crippen LogP contribution in [0.2, 0.25) is 0 Å². The van der Waals surface area contributed by atoms with Crippen molar-refractivity contribution < 1.29 is 13.2 Å². The summed E-state index contributed by atoms with van der Waals surface area (Å²) in [6, 6.07) is 14.1. The number of benzene rings is 2. The number of ketones is 1. The van der Waals surface area contributed by atoms with Crippen molar-refractivity contribution in [3.8, 4) is 0 Å². The Bertz CT molecular complexity index is 1280. The maximum Gasteiger partial charge on any atom is 0.282 e. The van der Waals surface area contributed by atoms with Crippen molar-refractivity contribution in [2.45, 2.75) is 68.3 Å². The zero-order valence-corrected chi connectivity index (χ0v) is 22.1. The third-order valence-electron chi connectivity index (χ3n) is 6.97. The number of fused-ring (bicyclic) bond motifs is 1. The van der Waals surface area contributed by atoms with E-state index in [1.54, 1.807) is 54.6 Å². The lowest BCUT2D eigenvalue weighted by Crippen LogP contribution is -2.46. The standard InChI is InChI=1S/C27H32N4O3S2/c1-19-13-15-21(16-14-19)36(33,34)30-24-17-25(26(32)23-12-8-7-11-22(23)24)35-27-28-18-29-31(27)20-9-5-3-2-4-6-10-20/h7-8,11-17,20,27-29H,2-6,9-10,18H2,1H3. The number of nitrogens with zero attached hydrogens (tertiary/aromatic N) is 2. The second-order valence-corrected chi connectivity index (χ2v) is 12.3. The molecule has 1 unspecified atom stereocenters. The van der Waals surface area contributed by atoms with Crippen LogP contribution in [0.4, 0.5) is 0 Å². The molecule has 1 saturated carbocycles. The van der Waals surface area contributed by atoms with Crippen LogP contribution in [0.15, 0.2) is 68.8 Å². The molecule has 7 nitrogen and oxygen atoms in total. The molecule has 2 N–H and O–H groups in total. The lowest BCUT2D eigenvalue weighted by atomic mass is 9.94. The minimum absolute atomic E-state index is 0.103. The average Bonchev–Trinajstić information content (AvgIpc) is 3.30. The molecule has 0 spiro atoms. The first-order valence-electron chi connectivity index (χ1n) is 12.6. The van der Waals surface area contributed by atoms with Crippen LogP contribution in [0.5, 0.6) is 0 Å². The smallest absolute Gasteiger partial charge is 0.282 e. The van der Waals surface area contributed by atoms with E-state index in [0.717, 1.165) is 18.4 Å². The van der Waals surface area contributed by atoms with E-state index in [1.807, 2.05) is 6.92 Å². The monoisotopic (exact) mass is 524 g/mol. The van der Waals surface area contributed by atoms with Gasteiger partial charge < -0.3 is 0 Å². The number of sulfonamides is 1. The fraction of sp³-hybridized carbons (Fsp3) is 0.407. The van der Waals surface area contributed by atoms with E-state index in [4.69, 9.17) is 0 Å². The molecule has 0 bridgehead atoms. The molecule has 0 radical (unpaired) electrons. The van der Waals surface area contributed by atoms with Crippen molar-refractivity contribution >= 4 is 33.3 Å². The van der Waals surface area contributed by atoms with Gasteiger partial charge in [0.15, 0.2) is 5.78 Å². The van der Waals surface area contributed by atoms with E-state index in [2.05, 4.69) is 20.1 Å². The molecule has 1 aliphatic heterocycles. The molecule has 0 aromatic heterocycles. The number of rotatable bonds is 5. The second-order valence-electron chi connectivity index (χ2n) is 9.56. The van der Waals surface area contributed by atoms with Gasteiger partial charge in [0.1, 0.15) is 5.50 Å². The topological polar surface area (TPSA) is 90.9 Å². The van der Waals surface area contributed by atoms with Gasteiger partial charge in [-0.15, -0.1) is 0 Å². The molecule has 1 saturated heterocycles. The van der Waals surface area contributed by atoms with Crippen LogP contribution in [0.3, 0.4) is 0 Å². The van der Waals surface area contributed by atoms with Crippen LogP contribution in [0, 0.1) is 6.92 Å². The minimum atomic E-state index is -3.94. The first-order chi connectivity index (χ1) is 17.4. The van der Waals surface area contributed by atoms with Crippen LogP contribution < -0.4 is 10.7 Å². The summed E-state index contributed by atoms with van der Waals surface area (Å²) in [5.74, 6) is -0.103. The number of hydrogen-bond donors (Lipinski definition) is 2. The van der Waals surface area contributed by atoms with Crippen molar-refractivity contribution in [1.82, 2.24) is 15.8 Å². The van der Waals surface area contributed by atoms with Crippen molar-refractivity contribution in [1.29, 1.82) is 0 Å². The Kier molecular flexibility index (Phi) is 7.73. The Labute approximate surface area is 217 Å². The molecule has 5 rings (SSSR count). The first kappa shape index (κ1) is 25.4. The van der Waals surface area contributed by atoms with E-state index >= 15 is 0 Å². The predicted molar refractivity (Wildman–Crippen MR) is 144 cm³/mol.